The van der Waals surface area contributed by atoms with Gasteiger partial charge in [-0.15, -0.1) is 0 Å². The maximum absolute atomic E-state index is 13.6. The lowest BCUT2D eigenvalue weighted by Crippen LogP contribution is -2.41. The molecule has 0 unspecified atom stereocenters. The van der Waals surface area contributed by atoms with E-state index in [0.29, 0.717) is 34.5 Å². The molecule has 1 aliphatic heterocycles. The summed E-state index contributed by atoms with van der Waals surface area (Å²) in [6.07, 6.45) is 5.09. The minimum absolute atomic E-state index is 0.0228. The smallest absolute Gasteiger partial charge is 0.329 e. The van der Waals surface area contributed by atoms with Gasteiger partial charge < -0.3 is 9.32 Å². The van der Waals surface area contributed by atoms with Crippen LogP contribution in [0.4, 0.5) is 0 Å². The zero-order valence-electron chi connectivity index (χ0n) is 22.0. The van der Waals surface area contributed by atoms with Gasteiger partial charge in [-0.2, -0.15) is 9.41 Å². The number of likely N-dealkylation sites (tertiary alicyclic amines) is 1. The largest absolute Gasteiger partial charge is 0.459 e. The van der Waals surface area contributed by atoms with Crippen LogP contribution in [0.1, 0.15) is 48.3 Å². The van der Waals surface area contributed by atoms with Crippen molar-refractivity contribution in [3.05, 3.63) is 87.3 Å². The fourth-order valence-electron chi connectivity index (χ4n) is 4.27. The van der Waals surface area contributed by atoms with Gasteiger partial charge in [-0.05, 0) is 61.7 Å². The van der Waals surface area contributed by atoms with Crippen LogP contribution in [0.15, 0.2) is 69.0 Å². The number of hydrogen-bond acceptors (Lipinski definition) is 6. The quantitative estimate of drug-likeness (QED) is 0.217. The molecule has 12 heteroatoms. The maximum Gasteiger partial charge on any atom is 0.329 e. The molecule has 1 aliphatic rings. The van der Waals surface area contributed by atoms with Crippen LogP contribution < -0.4 is 5.43 Å². The summed E-state index contributed by atoms with van der Waals surface area (Å²) in [6, 6.07) is 14.7. The van der Waals surface area contributed by atoms with Crippen molar-refractivity contribution in [2.75, 3.05) is 13.1 Å². The summed E-state index contributed by atoms with van der Waals surface area (Å²) in [4.78, 5) is 26.3. The van der Waals surface area contributed by atoms with E-state index in [9.17, 15) is 18.0 Å². The van der Waals surface area contributed by atoms with E-state index in [-0.39, 0.29) is 23.7 Å². The van der Waals surface area contributed by atoms with Crippen LogP contribution in [0.3, 0.4) is 0 Å². The molecule has 2 aromatic carbocycles. The topological polar surface area (TPSA) is 112 Å². The first-order chi connectivity index (χ1) is 19.1. The minimum Gasteiger partial charge on any atom is -0.459 e. The molecule has 4 rings (SSSR count). The van der Waals surface area contributed by atoms with Crippen LogP contribution in [-0.4, -0.2) is 48.7 Å². The summed E-state index contributed by atoms with van der Waals surface area (Å²) in [5.41, 5.74) is 3.75. The van der Waals surface area contributed by atoms with Gasteiger partial charge in [-0.25, -0.2) is 13.8 Å². The second-order valence-corrected chi connectivity index (χ2v) is 12.3. The van der Waals surface area contributed by atoms with Crippen molar-refractivity contribution in [3.63, 3.8) is 0 Å². The highest BCUT2D eigenvalue weighted by molar-refractivity contribution is 7.89. The average Bonchev–Trinajstić information content (AvgIpc) is 3.19. The fraction of sp³-hybridized carbons (Fsp3) is 0.321. The first kappa shape index (κ1) is 29.8. The van der Waals surface area contributed by atoms with Crippen molar-refractivity contribution in [1.82, 2.24) is 14.6 Å². The van der Waals surface area contributed by atoms with E-state index >= 15 is 0 Å². The molecule has 2 amide bonds. The molecule has 0 bridgehead atoms. The van der Waals surface area contributed by atoms with Crippen molar-refractivity contribution >= 4 is 51.3 Å². The molecule has 1 aromatic heterocycles. The molecule has 1 saturated heterocycles. The Kier molecular flexibility index (Phi) is 10.0. The summed E-state index contributed by atoms with van der Waals surface area (Å²) >= 11 is 12.4. The molecule has 0 spiro atoms. The number of hydrazone groups is 1. The summed E-state index contributed by atoms with van der Waals surface area (Å²) in [6.45, 7) is 2.87. The van der Waals surface area contributed by atoms with E-state index in [4.69, 9.17) is 27.6 Å². The van der Waals surface area contributed by atoms with E-state index in [1.807, 2.05) is 6.92 Å². The van der Waals surface area contributed by atoms with E-state index in [1.54, 1.807) is 59.5 Å². The van der Waals surface area contributed by atoms with Gasteiger partial charge in [-0.3, -0.25) is 9.59 Å². The number of nitrogens with one attached hydrogen (secondary N) is 1. The average molecular weight is 606 g/mol. The zero-order valence-corrected chi connectivity index (χ0v) is 24.3. The standard InChI is InChI=1S/C28H30Cl2N4O5S/c1-20-6-12-25(13-7-20)40(37,38)34(18-21-8-9-22(29)16-26(21)30)19-24-11-10-23(39-24)17-31-32-27(35)28(36)33-14-4-2-3-5-15-33/h6-13,16-17H,2-5,14-15,18-19H2,1H3,(H,32,35)/b31-17+. The number of halogens is 2. The Labute approximate surface area is 243 Å². The van der Waals surface area contributed by atoms with Crippen molar-refractivity contribution in [1.29, 1.82) is 0 Å². The molecule has 40 heavy (non-hydrogen) atoms. The monoisotopic (exact) mass is 604 g/mol. The predicted octanol–water partition coefficient (Wildman–Crippen LogP) is 5.14. The van der Waals surface area contributed by atoms with Gasteiger partial charge in [0, 0.05) is 29.7 Å². The SMILES string of the molecule is Cc1ccc(S(=O)(=O)N(Cc2ccc(/C=N/NC(=O)C(=O)N3CCCCCC3)o2)Cc2ccc(Cl)cc2Cl)cc1. The zero-order chi connectivity index (χ0) is 28.7. The summed E-state index contributed by atoms with van der Waals surface area (Å²) in [5, 5.41) is 4.62. The highest BCUT2D eigenvalue weighted by atomic mass is 35.5. The third-order valence-electron chi connectivity index (χ3n) is 6.48. The second-order valence-electron chi connectivity index (χ2n) is 9.53. The Morgan fingerprint density at radius 2 is 1.70 bits per heavy atom. The number of aryl methyl sites for hydroxylation is 1. The van der Waals surface area contributed by atoms with E-state index < -0.39 is 21.8 Å². The minimum atomic E-state index is -3.93. The fourth-order valence-corrected chi connectivity index (χ4v) is 6.12. The molecular formula is C28H30Cl2N4O5S. The van der Waals surface area contributed by atoms with Crippen molar-refractivity contribution in [3.8, 4) is 0 Å². The molecule has 1 fully saturated rings. The van der Waals surface area contributed by atoms with Gasteiger partial charge >= 0.3 is 11.8 Å². The lowest BCUT2D eigenvalue weighted by atomic mass is 10.2. The summed E-state index contributed by atoms with van der Waals surface area (Å²) in [5.74, 6) is -0.818. The summed E-state index contributed by atoms with van der Waals surface area (Å²) < 4.78 is 34.2. The molecule has 212 valence electrons. The number of hydrogen-bond donors (Lipinski definition) is 1. The normalized spacial score (nSPS) is 14.4. The highest BCUT2D eigenvalue weighted by Gasteiger charge is 2.27. The van der Waals surface area contributed by atoms with Crippen LogP contribution >= 0.6 is 23.2 Å². The van der Waals surface area contributed by atoms with Gasteiger partial charge in [0.1, 0.15) is 11.5 Å². The number of benzene rings is 2. The molecule has 0 radical (unpaired) electrons. The first-order valence-corrected chi connectivity index (χ1v) is 15.0. The van der Waals surface area contributed by atoms with Gasteiger partial charge in [-0.1, -0.05) is 59.8 Å². The number of sulfonamides is 1. The Morgan fingerprint density at radius 3 is 2.38 bits per heavy atom. The van der Waals surface area contributed by atoms with Crippen LogP contribution in [0, 0.1) is 6.92 Å². The Hall–Kier alpha value is -3.18. The molecule has 1 N–H and O–H groups in total. The lowest BCUT2D eigenvalue weighted by Gasteiger charge is -2.22. The van der Waals surface area contributed by atoms with E-state index in [0.717, 1.165) is 31.2 Å². The van der Waals surface area contributed by atoms with Crippen molar-refractivity contribution in [2.24, 2.45) is 5.10 Å². The van der Waals surface area contributed by atoms with Crippen LogP contribution in [0.2, 0.25) is 10.0 Å². The molecule has 3 aromatic rings. The molecule has 9 nitrogen and oxygen atoms in total. The number of carbonyl (C=O) groups is 2. The molecule has 0 aliphatic carbocycles. The van der Waals surface area contributed by atoms with Crippen molar-refractivity contribution in [2.45, 2.75) is 50.6 Å². The second kappa shape index (κ2) is 13.5. The van der Waals surface area contributed by atoms with E-state index in [1.165, 1.54) is 10.5 Å². The van der Waals surface area contributed by atoms with Crippen LogP contribution in [0.5, 0.6) is 0 Å². The Morgan fingerprint density at radius 1 is 1.00 bits per heavy atom. The first-order valence-electron chi connectivity index (χ1n) is 12.9. The molecule has 0 atom stereocenters. The maximum atomic E-state index is 13.6. The third-order valence-corrected chi connectivity index (χ3v) is 8.87. The van der Waals surface area contributed by atoms with E-state index in [2.05, 4.69) is 10.5 Å². The van der Waals surface area contributed by atoms with Crippen LogP contribution in [-0.2, 0) is 32.7 Å². The lowest BCUT2D eigenvalue weighted by molar-refractivity contribution is -0.145. The highest BCUT2D eigenvalue weighted by Crippen LogP contribution is 2.27. The van der Waals surface area contributed by atoms with Gasteiger partial charge in [0.15, 0.2) is 0 Å². The van der Waals surface area contributed by atoms with Gasteiger partial charge in [0.2, 0.25) is 10.0 Å². The predicted molar refractivity (Wildman–Crippen MR) is 154 cm³/mol. The van der Waals surface area contributed by atoms with Gasteiger partial charge in [0.05, 0.1) is 17.7 Å². The number of amides is 2. The Balaban J connectivity index is 1.47. The third kappa shape index (κ3) is 7.72. The molecule has 0 saturated carbocycles. The van der Waals surface area contributed by atoms with Crippen molar-refractivity contribution < 1.29 is 22.4 Å². The van der Waals surface area contributed by atoms with Crippen LogP contribution in [0.25, 0.3) is 0 Å². The number of carbonyl (C=O) groups excluding carboxylic acids is 2. The summed E-state index contributed by atoms with van der Waals surface area (Å²) in [7, 11) is -3.93. The Bertz CT molecular complexity index is 1480. The number of furan rings is 1. The number of nitrogens with zero attached hydrogens (tertiary/aromatic N) is 3. The van der Waals surface area contributed by atoms with Gasteiger partial charge in [0.25, 0.3) is 0 Å². The number of rotatable bonds is 8. The molecule has 2 heterocycles. The molecular weight excluding hydrogens is 575 g/mol.